The third kappa shape index (κ3) is 4.80. The zero-order valence-corrected chi connectivity index (χ0v) is 25.8. The van der Waals surface area contributed by atoms with Gasteiger partial charge in [0.1, 0.15) is 11.7 Å². The summed E-state index contributed by atoms with van der Waals surface area (Å²) in [6.45, 7) is 14.4. The number of alkyl halides is 2. The molecule has 4 aliphatic carbocycles. The molecule has 0 saturated heterocycles. The van der Waals surface area contributed by atoms with Crippen LogP contribution in [0.4, 0.5) is 8.78 Å². The molecule has 1 unspecified atom stereocenters. The zero-order valence-electron chi connectivity index (χ0n) is 25.8. The molecule has 2 fully saturated rings. The van der Waals surface area contributed by atoms with E-state index >= 15 is 0 Å². The third-order valence-corrected chi connectivity index (χ3v) is 12.2. The molecule has 0 aromatic heterocycles. The number of rotatable bonds is 5. The maximum Gasteiger partial charge on any atom is 0.321 e. The van der Waals surface area contributed by atoms with Crippen molar-refractivity contribution in [1.29, 1.82) is 5.26 Å². The SMILES string of the molecule is CC1C(=O)C=C2[C@@]3(C)C=C(C#N)C(=O)[C@@](C)(O)[C@@H]3CC[C@@]2(C)[C@]1(C)CCC1(NC(=O)C(C)(F)F)CCC(C)(C)CC1. The molecule has 0 aromatic rings. The summed E-state index contributed by atoms with van der Waals surface area (Å²) in [4.78, 5) is 39.2. The summed E-state index contributed by atoms with van der Waals surface area (Å²) in [5, 5.41) is 23.9. The molecular formula is C33H46F2N2O4. The molecule has 0 aliphatic heterocycles. The number of hydrogen-bond acceptors (Lipinski definition) is 5. The van der Waals surface area contributed by atoms with Crippen molar-refractivity contribution in [3.63, 3.8) is 0 Å². The van der Waals surface area contributed by atoms with Gasteiger partial charge in [-0.05, 0) is 80.6 Å². The van der Waals surface area contributed by atoms with E-state index in [1.54, 1.807) is 12.2 Å². The molecule has 0 spiro atoms. The van der Waals surface area contributed by atoms with Gasteiger partial charge in [-0.25, -0.2) is 0 Å². The summed E-state index contributed by atoms with van der Waals surface area (Å²) in [6, 6.07) is 1.96. The van der Waals surface area contributed by atoms with E-state index < -0.39 is 50.9 Å². The third-order valence-electron chi connectivity index (χ3n) is 12.2. The summed E-state index contributed by atoms with van der Waals surface area (Å²) in [5.41, 5.74) is -3.80. The Morgan fingerprint density at radius 3 is 2.20 bits per heavy atom. The topological polar surface area (TPSA) is 107 Å². The second-order valence-electron chi connectivity index (χ2n) is 15.2. The molecule has 4 aliphatic rings. The molecule has 226 valence electrons. The minimum absolute atomic E-state index is 0.0516. The van der Waals surface area contributed by atoms with Crippen LogP contribution in [-0.2, 0) is 14.4 Å². The van der Waals surface area contributed by atoms with Crippen molar-refractivity contribution in [3.8, 4) is 6.07 Å². The van der Waals surface area contributed by atoms with Crippen molar-refractivity contribution in [2.45, 2.75) is 124 Å². The lowest BCUT2D eigenvalue weighted by molar-refractivity contribution is -0.152. The molecule has 8 heteroatoms. The number of fused-ring (bicyclic) bond motifs is 3. The number of ketones is 2. The van der Waals surface area contributed by atoms with E-state index in [9.17, 15) is 33.5 Å². The van der Waals surface area contributed by atoms with Gasteiger partial charge < -0.3 is 10.4 Å². The average molecular weight is 573 g/mol. The Kier molecular flexibility index (Phi) is 7.35. The van der Waals surface area contributed by atoms with Crippen LogP contribution in [0, 0.1) is 44.8 Å². The summed E-state index contributed by atoms with van der Waals surface area (Å²) in [7, 11) is 0. The number of nitrogens with one attached hydrogen (secondary N) is 1. The van der Waals surface area contributed by atoms with Gasteiger partial charge in [-0.2, -0.15) is 14.0 Å². The van der Waals surface area contributed by atoms with Crippen LogP contribution in [0.25, 0.3) is 0 Å². The Morgan fingerprint density at radius 2 is 1.66 bits per heavy atom. The summed E-state index contributed by atoms with van der Waals surface area (Å²) in [6.07, 6.45) is 8.19. The number of halogens is 2. The van der Waals surface area contributed by atoms with Gasteiger partial charge in [0.25, 0.3) is 5.91 Å². The molecule has 0 aromatic carbocycles. The number of allylic oxidation sites excluding steroid dienone is 3. The van der Waals surface area contributed by atoms with Crippen LogP contribution in [0.15, 0.2) is 23.3 Å². The molecule has 0 bridgehead atoms. The number of nitriles is 1. The van der Waals surface area contributed by atoms with Gasteiger partial charge in [0.15, 0.2) is 5.78 Å². The van der Waals surface area contributed by atoms with Crippen LogP contribution in [-0.4, -0.2) is 39.6 Å². The lowest BCUT2D eigenvalue weighted by atomic mass is 9.40. The smallest absolute Gasteiger partial charge is 0.321 e. The Morgan fingerprint density at radius 1 is 1.07 bits per heavy atom. The minimum Gasteiger partial charge on any atom is -0.382 e. The van der Waals surface area contributed by atoms with E-state index in [1.165, 1.54) is 6.92 Å². The molecule has 2 N–H and O–H groups in total. The van der Waals surface area contributed by atoms with Gasteiger partial charge in [-0.1, -0.05) is 53.2 Å². The fraction of sp³-hybridized carbons (Fsp3) is 0.758. The predicted molar refractivity (Wildman–Crippen MR) is 152 cm³/mol. The fourth-order valence-corrected chi connectivity index (χ4v) is 8.72. The number of carbonyl (C=O) groups excluding carboxylic acids is 3. The van der Waals surface area contributed by atoms with Crippen molar-refractivity contribution >= 4 is 17.5 Å². The molecule has 41 heavy (non-hydrogen) atoms. The van der Waals surface area contributed by atoms with E-state index in [0.29, 0.717) is 45.4 Å². The van der Waals surface area contributed by atoms with Gasteiger partial charge in [-0.3, -0.25) is 14.4 Å². The first kappa shape index (κ1) is 31.5. The summed E-state index contributed by atoms with van der Waals surface area (Å²) < 4.78 is 28.1. The largest absolute Gasteiger partial charge is 0.382 e. The summed E-state index contributed by atoms with van der Waals surface area (Å²) in [5.74, 6) is -6.28. The number of nitrogens with zero attached hydrogens (tertiary/aromatic N) is 1. The maximum atomic E-state index is 14.1. The van der Waals surface area contributed by atoms with Gasteiger partial charge >= 0.3 is 5.92 Å². The Hall–Kier alpha value is -2.40. The van der Waals surface area contributed by atoms with E-state index in [0.717, 1.165) is 18.4 Å². The quantitative estimate of drug-likeness (QED) is 0.406. The van der Waals surface area contributed by atoms with Crippen LogP contribution in [0.2, 0.25) is 0 Å². The Bertz CT molecular complexity index is 1260. The molecule has 2 saturated carbocycles. The van der Waals surface area contributed by atoms with E-state index in [-0.39, 0.29) is 22.7 Å². The van der Waals surface area contributed by atoms with Crippen LogP contribution >= 0.6 is 0 Å². The van der Waals surface area contributed by atoms with Crippen molar-refractivity contribution in [2.24, 2.45) is 33.5 Å². The van der Waals surface area contributed by atoms with Crippen molar-refractivity contribution in [3.05, 3.63) is 23.3 Å². The zero-order chi connectivity index (χ0) is 31.0. The second-order valence-corrected chi connectivity index (χ2v) is 15.2. The minimum atomic E-state index is -3.49. The number of hydrogen-bond donors (Lipinski definition) is 2. The van der Waals surface area contributed by atoms with E-state index in [4.69, 9.17) is 0 Å². The van der Waals surface area contributed by atoms with Crippen molar-refractivity contribution in [1.82, 2.24) is 5.32 Å². The monoisotopic (exact) mass is 572 g/mol. The Balaban J connectivity index is 1.76. The van der Waals surface area contributed by atoms with Gasteiger partial charge in [0, 0.05) is 29.7 Å². The van der Waals surface area contributed by atoms with Crippen molar-refractivity contribution < 1.29 is 28.3 Å². The molecule has 0 heterocycles. The molecule has 1 amide bonds. The highest BCUT2D eigenvalue weighted by molar-refractivity contribution is 6.06. The van der Waals surface area contributed by atoms with Crippen molar-refractivity contribution in [2.75, 3.05) is 0 Å². The van der Waals surface area contributed by atoms with Crippen LogP contribution < -0.4 is 5.32 Å². The fourth-order valence-electron chi connectivity index (χ4n) is 8.72. The highest BCUT2D eigenvalue weighted by atomic mass is 19.3. The average Bonchev–Trinajstić information content (AvgIpc) is 2.87. The van der Waals surface area contributed by atoms with Gasteiger partial charge in [0.05, 0.1) is 5.57 Å². The van der Waals surface area contributed by atoms with E-state index in [2.05, 4.69) is 33.0 Å². The normalized spacial score (nSPS) is 40.0. The highest BCUT2D eigenvalue weighted by Gasteiger charge is 2.65. The van der Waals surface area contributed by atoms with Crippen LogP contribution in [0.5, 0.6) is 0 Å². The first-order chi connectivity index (χ1) is 18.6. The molecule has 6 nitrogen and oxygen atoms in total. The first-order valence-electron chi connectivity index (χ1n) is 15.0. The first-order valence-corrected chi connectivity index (χ1v) is 15.0. The molecule has 4 rings (SSSR count). The Labute approximate surface area is 243 Å². The maximum absolute atomic E-state index is 14.1. The number of amides is 1. The van der Waals surface area contributed by atoms with E-state index in [1.807, 2.05) is 19.9 Å². The number of aliphatic hydroxyl groups is 1. The van der Waals surface area contributed by atoms with Gasteiger partial charge in [0.2, 0.25) is 5.78 Å². The molecule has 6 atom stereocenters. The summed E-state index contributed by atoms with van der Waals surface area (Å²) >= 11 is 0. The number of carbonyl (C=O) groups is 3. The molecular weight excluding hydrogens is 526 g/mol. The lowest BCUT2D eigenvalue weighted by Gasteiger charge is -2.64. The van der Waals surface area contributed by atoms with Crippen LogP contribution in [0.3, 0.4) is 0 Å². The standard InChI is InChI=1S/C33H46F2N2O4/c1-20-22(38)17-24-28(4)18-21(19-36)25(39)31(7,41)23(28)9-10-30(24,6)29(20,5)13-16-33(37-26(40)32(8,34)35)14-11-27(2,3)12-15-33/h17-18,20,23,41H,9-16H2,1-8H3,(H,37,40)/t20?,23-,28+,29-,30-,31+/m1/s1. The highest BCUT2D eigenvalue weighted by Crippen LogP contribution is 2.69. The van der Waals surface area contributed by atoms with Crippen LogP contribution in [0.1, 0.15) is 107 Å². The lowest BCUT2D eigenvalue weighted by Crippen LogP contribution is -2.62. The second kappa shape index (κ2) is 9.56. The van der Waals surface area contributed by atoms with Gasteiger partial charge in [-0.15, -0.1) is 0 Å². The number of Topliss-reactive ketones (excluding diaryl/α,β-unsaturated/α-hetero) is 1. The predicted octanol–water partition coefficient (Wildman–Crippen LogP) is 6.23. The molecule has 0 radical (unpaired) electrons.